The van der Waals surface area contributed by atoms with Crippen molar-refractivity contribution in [1.82, 2.24) is 19.8 Å². The fourth-order valence-electron chi connectivity index (χ4n) is 3.88. The summed E-state index contributed by atoms with van der Waals surface area (Å²) in [6.07, 6.45) is 8.60. The van der Waals surface area contributed by atoms with Crippen LogP contribution in [0.4, 0.5) is 0 Å². The van der Waals surface area contributed by atoms with E-state index in [0.717, 1.165) is 31.5 Å². The zero-order valence-corrected chi connectivity index (χ0v) is 14.8. The van der Waals surface area contributed by atoms with E-state index in [1.807, 2.05) is 9.80 Å². The lowest BCUT2D eigenvalue weighted by Gasteiger charge is -2.39. The summed E-state index contributed by atoms with van der Waals surface area (Å²) in [5, 5.41) is 0. The molecule has 7 heteroatoms. The highest BCUT2D eigenvalue weighted by atomic mass is 16.5. The predicted octanol–water partition coefficient (Wildman–Crippen LogP) is 0.897. The van der Waals surface area contributed by atoms with Crippen LogP contribution in [0.5, 0.6) is 0 Å². The van der Waals surface area contributed by atoms with Crippen LogP contribution in [-0.2, 0) is 20.7 Å². The number of carbonyl (C=O) groups is 2. The van der Waals surface area contributed by atoms with Crippen molar-refractivity contribution in [3.05, 3.63) is 24.3 Å². The van der Waals surface area contributed by atoms with E-state index in [2.05, 4.69) is 9.97 Å². The first-order valence-corrected chi connectivity index (χ1v) is 8.96. The van der Waals surface area contributed by atoms with E-state index in [0.29, 0.717) is 39.1 Å². The van der Waals surface area contributed by atoms with Crippen LogP contribution in [0.1, 0.15) is 31.4 Å². The lowest BCUT2D eigenvalue weighted by molar-refractivity contribution is -0.146. The van der Waals surface area contributed by atoms with Gasteiger partial charge in [-0.1, -0.05) is 0 Å². The van der Waals surface area contributed by atoms with Crippen LogP contribution in [-0.4, -0.2) is 71.5 Å². The second-order valence-electron chi connectivity index (χ2n) is 6.93. The number of rotatable bonds is 6. The van der Waals surface area contributed by atoms with Crippen molar-refractivity contribution < 1.29 is 14.3 Å². The van der Waals surface area contributed by atoms with Crippen molar-refractivity contribution in [2.75, 3.05) is 39.9 Å². The summed E-state index contributed by atoms with van der Waals surface area (Å²) in [5.74, 6) is 0.296. The second kappa shape index (κ2) is 7.91. The molecular weight excluding hydrogens is 320 g/mol. The molecule has 2 amide bonds. The Labute approximate surface area is 148 Å². The van der Waals surface area contributed by atoms with E-state index in [4.69, 9.17) is 4.74 Å². The molecule has 0 saturated carbocycles. The highest BCUT2D eigenvalue weighted by molar-refractivity contribution is 5.86. The van der Waals surface area contributed by atoms with Crippen LogP contribution >= 0.6 is 0 Å². The molecule has 3 heterocycles. The lowest BCUT2D eigenvalue weighted by atomic mass is 9.78. The van der Waals surface area contributed by atoms with E-state index in [1.54, 1.807) is 25.7 Å². The molecule has 3 rings (SSSR count). The number of hydrogen-bond donors (Lipinski definition) is 0. The van der Waals surface area contributed by atoms with Crippen LogP contribution in [0, 0.1) is 5.41 Å². The van der Waals surface area contributed by atoms with E-state index in [1.165, 1.54) is 0 Å². The Balaban J connectivity index is 1.56. The summed E-state index contributed by atoms with van der Waals surface area (Å²) >= 11 is 0. The van der Waals surface area contributed by atoms with Gasteiger partial charge >= 0.3 is 0 Å². The van der Waals surface area contributed by atoms with E-state index >= 15 is 0 Å². The molecule has 0 aliphatic carbocycles. The molecule has 0 radical (unpaired) electrons. The molecule has 2 saturated heterocycles. The van der Waals surface area contributed by atoms with Gasteiger partial charge in [0, 0.05) is 58.3 Å². The Morgan fingerprint density at radius 2 is 2.20 bits per heavy atom. The van der Waals surface area contributed by atoms with Gasteiger partial charge in [0.15, 0.2) is 0 Å². The van der Waals surface area contributed by atoms with Gasteiger partial charge < -0.3 is 14.5 Å². The van der Waals surface area contributed by atoms with Crippen molar-refractivity contribution in [3.63, 3.8) is 0 Å². The molecular formula is C18H26N4O3. The maximum atomic E-state index is 12.9. The van der Waals surface area contributed by atoms with Crippen LogP contribution in [0.15, 0.2) is 18.6 Å². The summed E-state index contributed by atoms with van der Waals surface area (Å²) in [4.78, 5) is 37.4. The SMILES string of the molecule is COCCN1CCCC2(CCN(C(=O)CCc3cnccn3)C2)C1=O. The topological polar surface area (TPSA) is 75.6 Å². The summed E-state index contributed by atoms with van der Waals surface area (Å²) in [7, 11) is 1.65. The molecule has 0 N–H and O–H groups in total. The Kier molecular flexibility index (Phi) is 5.63. The third kappa shape index (κ3) is 3.98. The minimum absolute atomic E-state index is 0.101. The van der Waals surface area contributed by atoms with E-state index < -0.39 is 0 Å². The maximum absolute atomic E-state index is 12.9. The van der Waals surface area contributed by atoms with Gasteiger partial charge in [-0.15, -0.1) is 0 Å². The van der Waals surface area contributed by atoms with Gasteiger partial charge in [0.25, 0.3) is 0 Å². The molecule has 0 bridgehead atoms. The molecule has 7 nitrogen and oxygen atoms in total. The number of carbonyl (C=O) groups excluding carboxylic acids is 2. The normalized spacial score (nSPS) is 23.5. The number of ether oxygens (including phenoxy) is 1. The number of nitrogens with zero attached hydrogens (tertiary/aromatic N) is 4. The number of hydrogen-bond acceptors (Lipinski definition) is 5. The summed E-state index contributed by atoms with van der Waals surface area (Å²) < 4.78 is 5.11. The Morgan fingerprint density at radius 3 is 2.96 bits per heavy atom. The lowest BCUT2D eigenvalue weighted by Crippen LogP contribution is -2.51. The molecule has 25 heavy (non-hydrogen) atoms. The van der Waals surface area contributed by atoms with Crippen LogP contribution in [0.25, 0.3) is 0 Å². The number of likely N-dealkylation sites (tertiary alicyclic amines) is 2. The first kappa shape index (κ1) is 17.8. The van der Waals surface area contributed by atoms with Crippen molar-refractivity contribution in [2.24, 2.45) is 5.41 Å². The van der Waals surface area contributed by atoms with Gasteiger partial charge in [0.1, 0.15) is 0 Å². The Morgan fingerprint density at radius 1 is 1.32 bits per heavy atom. The third-order valence-electron chi connectivity index (χ3n) is 5.31. The highest BCUT2D eigenvalue weighted by Gasteiger charge is 2.49. The summed E-state index contributed by atoms with van der Waals surface area (Å²) in [5.41, 5.74) is 0.443. The highest BCUT2D eigenvalue weighted by Crippen LogP contribution is 2.40. The molecule has 0 aromatic carbocycles. The Bertz CT molecular complexity index is 610. The fraction of sp³-hybridized carbons (Fsp3) is 0.667. The zero-order valence-electron chi connectivity index (χ0n) is 14.8. The monoisotopic (exact) mass is 346 g/mol. The van der Waals surface area contributed by atoms with E-state index in [-0.39, 0.29) is 17.2 Å². The molecule has 136 valence electrons. The summed E-state index contributed by atoms with van der Waals surface area (Å²) in [6.45, 7) is 3.21. The van der Waals surface area contributed by atoms with Crippen LogP contribution in [0.3, 0.4) is 0 Å². The molecule has 1 aromatic heterocycles. The molecule has 2 aliphatic heterocycles. The molecule has 2 fully saturated rings. The quantitative estimate of drug-likeness (QED) is 0.765. The second-order valence-corrected chi connectivity index (χ2v) is 6.93. The van der Waals surface area contributed by atoms with E-state index in [9.17, 15) is 9.59 Å². The first-order chi connectivity index (χ1) is 12.1. The van der Waals surface area contributed by atoms with Crippen molar-refractivity contribution >= 4 is 11.8 Å². The molecule has 1 aromatic rings. The Hall–Kier alpha value is -2.02. The summed E-state index contributed by atoms with van der Waals surface area (Å²) in [6, 6.07) is 0. The maximum Gasteiger partial charge on any atom is 0.230 e. The zero-order chi connectivity index (χ0) is 17.7. The molecule has 1 unspecified atom stereocenters. The average molecular weight is 346 g/mol. The van der Waals surface area contributed by atoms with Gasteiger partial charge in [-0.25, -0.2) is 0 Å². The van der Waals surface area contributed by atoms with Gasteiger partial charge in [-0.3, -0.25) is 19.6 Å². The largest absolute Gasteiger partial charge is 0.383 e. The predicted molar refractivity (Wildman–Crippen MR) is 91.7 cm³/mol. The van der Waals surface area contributed by atoms with Gasteiger partial charge in [-0.05, 0) is 25.7 Å². The number of aromatic nitrogens is 2. The molecule has 1 spiro atoms. The first-order valence-electron chi connectivity index (χ1n) is 8.96. The smallest absolute Gasteiger partial charge is 0.230 e. The van der Waals surface area contributed by atoms with Gasteiger partial charge in [0.05, 0.1) is 17.7 Å². The minimum atomic E-state index is -0.381. The minimum Gasteiger partial charge on any atom is -0.383 e. The number of aryl methyl sites for hydroxylation is 1. The number of amides is 2. The van der Waals surface area contributed by atoms with Crippen molar-refractivity contribution in [2.45, 2.75) is 32.1 Å². The third-order valence-corrected chi connectivity index (χ3v) is 5.31. The molecule has 1 atom stereocenters. The number of piperidine rings is 1. The standard InChI is InChI=1S/C18H26N4O3/c1-25-12-11-21-9-2-5-18(17(21)24)6-10-22(14-18)16(23)4-3-15-13-19-7-8-20-15/h7-8,13H,2-6,9-12,14H2,1H3. The molecule has 2 aliphatic rings. The number of methoxy groups -OCH3 is 1. The average Bonchev–Trinajstić information content (AvgIpc) is 3.07. The van der Waals surface area contributed by atoms with Crippen molar-refractivity contribution in [1.29, 1.82) is 0 Å². The van der Waals surface area contributed by atoms with Crippen molar-refractivity contribution in [3.8, 4) is 0 Å². The van der Waals surface area contributed by atoms with Crippen LogP contribution < -0.4 is 0 Å². The van der Waals surface area contributed by atoms with Gasteiger partial charge in [-0.2, -0.15) is 0 Å². The van der Waals surface area contributed by atoms with Crippen LogP contribution in [0.2, 0.25) is 0 Å². The fourth-order valence-corrected chi connectivity index (χ4v) is 3.88. The van der Waals surface area contributed by atoms with Gasteiger partial charge in [0.2, 0.25) is 11.8 Å².